The van der Waals surface area contributed by atoms with Crippen molar-refractivity contribution in [2.75, 3.05) is 0 Å². The van der Waals surface area contributed by atoms with Gasteiger partial charge in [0.2, 0.25) is 0 Å². The average Bonchev–Trinajstić information content (AvgIpc) is 1.82. The normalized spacial score (nSPS) is 9.71. The molecule has 0 saturated heterocycles. The molecule has 1 nitrogen and oxygen atoms in total. The van der Waals surface area contributed by atoms with Gasteiger partial charge in [0.25, 0.3) is 0 Å². The summed E-state index contributed by atoms with van der Waals surface area (Å²) < 4.78 is 38.6. The second kappa shape index (κ2) is 6.52. The number of rotatable bonds is 1. The van der Waals surface area contributed by atoms with Crippen LogP contribution in [0, 0.1) is 13.0 Å². The van der Waals surface area contributed by atoms with Crippen molar-refractivity contribution in [3.05, 3.63) is 29.8 Å². The van der Waals surface area contributed by atoms with Gasteiger partial charge in [-0.3, -0.25) is 0 Å². The van der Waals surface area contributed by atoms with Crippen LogP contribution in [0.4, 0.5) is 13.2 Å². The molecule has 0 saturated carbocycles. The molecule has 0 atom stereocenters. The molecule has 1 aromatic carbocycles. The Hall–Kier alpha value is 0.0562. The van der Waals surface area contributed by atoms with Crippen LogP contribution in [0.15, 0.2) is 18.2 Å². The number of benzene rings is 1. The van der Waals surface area contributed by atoms with E-state index in [2.05, 4.69) is 10.8 Å². The summed E-state index contributed by atoms with van der Waals surface area (Å²) in [4.78, 5) is 0. The Balaban J connectivity index is 0. The smallest absolute Gasteiger partial charge is 1.00 e. The molecule has 6 heteroatoms. The molecule has 0 N–H and O–H groups in total. The summed E-state index contributed by atoms with van der Waals surface area (Å²) in [7, 11) is 0. The molecule has 0 aliphatic rings. The molecular formula is C8H6BrF3MgO. The summed E-state index contributed by atoms with van der Waals surface area (Å²) in [5.41, 5.74) is 0.608. The third-order valence-electron chi connectivity index (χ3n) is 1.15. The van der Waals surface area contributed by atoms with Gasteiger partial charge in [-0.1, -0.05) is 6.92 Å². The van der Waals surface area contributed by atoms with Crippen molar-refractivity contribution in [3.8, 4) is 5.75 Å². The third-order valence-corrected chi connectivity index (χ3v) is 1.15. The molecule has 0 aliphatic heterocycles. The number of aryl methyl sites for hydroxylation is 1. The van der Waals surface area contributed by atoms with E-state index in [1.807, 2.05) is 0 Å². The van der Waals surface area contributed by atoms with Crippen molar-refractivity contribution in [2.24, 2.45) is 0 Å². The number of halogens is 4. The van der Waals surface area contributed by atoms with Gasteiger partial charge < -0.3 is 21.7 Å². The van der Waals surface area contributed by atoms with Crippen molar-refractivity contribution < 1.29 is 34.9 Å². The Labute approximate surface area is 107 Å². The van der Waals surface area contributed by atoms with Crippen LogP contribution in [-0.4, -0.2) is 29.4 Å². The minimum Gasteiger partial charge on any atom is -1.00 e. The second-order valence-corrected chi connectivity index (χ2v) is 2.26. The monoisotopic (exact) mass is 278 g/mol. The number of ether oxygens (including phenoxy) is 1. The molecule has 0 bridgehead atoms. The van der Waals surface area contributed by atoms with Gasteiger partial charge in [-0.15, -0.1) is 25.3 Å². The van der Waals surface area contributed by atoms with Crippen molar-refractivity contribution in [1.29, 1.82) is 0 Å². The van der Waals surface area contributed by atoms with Crippen LogP contribution >= 0.6 is 0 Å². The summed E-state index contributed by atoms with van der Waals surface area (Å²) in [5.74, 6) is -0.209. The minimum absolute atomic E-state index is 0. The molecule has 0 aliphatic carbocycles. The van der Waals surface area contributed by atoms with Gasteiger partial charge in [-0.05, 0) is 0 Å². The van der Waals surface area contributed by atoms with Gasteiger partial charge in [-0.2, -0.15) is 17.7 Å². The van der Waals surface area contributed by atoms with Gasteiger partial charge in [0, 0.05) is 5.75 Å². The van der Waals surface area contributed by atoms with Gasteiger partial charge in [0.1, 0.15) is 0 Å². The van der Waals surface area contributed by atoms with E-state index in [-0.39, 0.29) is 45.8 Å². The molecule has 0 amide bonds. The summed E-state index contributed by atoms with van der Waals surface area (Å²) in [6.07, 6.45) is -4.62. The average molecular weight is 279 g/mol. The van der Waals surface area contributed by atoms with Crippen LogP contribution in [0.2, 0.25) is 0 Å². The Bertz CT molecular complexity index is 278. The Morgan fingerprint density at radius 3 is 2.36 bits per heavy atom. The van der Waals surface area contributed by atoms with Gasteiger partial charge in [0.15, 0.2) is 0 Å². The first kappa shape index (κ1) is 16.5. The quantitative estimate of drug-likeness (QED) is 0.489. The van der Waals surface area contributed by atoms with E-state index in [0.717, 1.165) is 0 Å². The second-order valence-electron chi connectivity index (χ2n) is 2.26. The topological polar surface area (TPSA) is 9.23 Å². The molecule has 1 rings (SSSR count). The van der Waals surface area contributed by atoms with Crippen LogP contribution < -0.4 is 21.7 Å². The maximum absolute atomic E-state index is 11.6. The fourth-order valence-electron chi connectivity index (χ4n) is 0.756. The maximum Gasteiger partial charge on any atom is 2.00 e. The molecule has 0 spiro atoms. The van der Waals surface area contributed by atoms with Crippen LogP contribution in [0.3, 0.4) is 0 Å². The van der Waals surface area contributed by atoms with E-state index >= 15 is 0 Å². The Morgan fingerprint density at radius 1 is 1.36 bits per heavy atom. The Morgan fingerprint density at radius 2 is 1.93 bits per heavy atom. The first-order valence-electron chi connectivity index (χ1n) is 3.21. The van der Waals surface area contributed by atoms with Crippen molar-refractivity contribution in [3.63, 3.8) is 0 Å². The van der Waals surface area contributed by atoms with Crippen LogP contribution in [0.1, 0.15) is 5.56 Å². The molecule has 0 heterocycles. The van der Waals surface area contributed by atoms with Crippen molar-refractivity contribution in [2.45, 2.75) is 13.3 Å². The SMILES string of the molecule is Cc1[c-]ccc(OC(F)(F)F)c1.[Br-].[Mg+2]. The molecule has 74 valence electrons. The van der Waals surface area contributed by atoms with Gasteiger partial charge in [-0.25, -0.2) is 0 Å². The van der Waals surface area contributed by atoms with E-state index in [4.69, 9.17) is 0 Å². The molecule has 0 aromatic heterocycles. The number of hydrogen-bond donors (Lipinski definition) is 0. The van der Waals surface area contributed by atoms with E-state index < -0.39 is 6.36 Å². The summed E-state index contributed by atoms with van der Waals surface area (Å²) in [5, 5.41) is 0. The number of alkyl halides is 3. The first-order valence-corrected chi connectivity index (χ1v) is 3.21. The first-order chi connectivity index (χ1) is 5.47. The zero-order valence-electron chi connectivity index (χ0n) is 7.36. The fraction of sp³-hybridized carbons (Fsp3) is 0.250. The molecule has 0 unspecified atom stereocenters. The zero-order valence-corrected chi connectivity index (χ0v) is 10.4. The molecular weight excluding hydrogens is 273 g/mol. The third kappa shape index (κ3) is 6.50. The fourth-order valence-corrected chi connectivity index (χ4v) is 0.756. The molecule has 0 radical (unpaired) electrons. The van der Waals surface area contributed by atoms with E-state index in [1.165, 1.54) is 18.2 Å². The van der Waals surface area contributed by atoms with Crippen LogP contribution in [0.25, 0.3) is 0 Å². The summed E-state index contributed by atoms with van der Waals surface area (Å²) >= 11 is 0. The van der Waals surface area contributed by atoms with E-state index in [0.29, 0.717) is 5.56 Å². The largest absolute Gasteiger partial charge is 2.00 e. The number of hydrogen-bond acceptors (Lipinski definition) is 1. The molecule has 14 heavy (non-hydrogen) atoms. The van der Waals surface area contributed by atoms with Crippen LogP contribution in [0.5, 0.6) is 5.75 Å². The predicted octanol–water partition coefficient (Wildman–Crippen LogP) is -0.683. The predicted molar refractivity (Wildman–Crippen MR) is 42.5 cm³/mol. The standard InChI is InChI=1S/C8H6F3O.BrH.Mg/c1-6-3-2-4-7(5-6)12-8(9,10)11;;/h2,4-5H,1H3;1H;/q-1;;+2/p-1. The molecule has 1 aromatic rings. The van der Waals surface area contributed by atoms with Gasteiger partial charge >= 0.3 is 29.4 Å². The van der Waals surface area contributed by atoms with Crippen molar-refractivity contribution >= 4 is 23.1 Å². The zero-order chi connectivity index (χ0) is 9.19. The summed E-state index contributed by atoms with van der Waals surface area (Å²) in [6, 6.07) is 6.58. The van der Waals surface area contributed by atoms with Crippen LogP contribution in [-0.2, 0) is 0 Å². The van der Waals surface area contributed by atoms with Gasteiger partial charge in [0.05, 0.1) is 0 Å². The van der Waals surface area contributed by atoms with E-state index in [9.17, 15) is 13.2 Å². The van der Waals surface area contributed by atoms with E-state index in [1.54, 1.807) is 6.92 Å². The maximum atomic E-state index is 11.6. The van der Waals surface area contributed by atoms with Crippen molar-refractivity contribution in [1.82, 2.24) is 0 Å². The Kier molecular flexibility index (Phi) is 7.68. The minimum atomic E-state index is -4.62. The summed E-state index contributed by atoms with van der Waals surface area (Å²) in [6.45, 7) is 1.64. The molecule has 0 fully saturated rings.